The van der Waals surface area contributed by atoms with Crippen LogP contribution in [0.3, 0.4) is 0 Å². The molecule has 0 amide bonds. The van der Waals surface area contributed by atoms with Crippen molar-refractivity contribution in [3.8, 4) is 0 Å². The second kappa shape index (κ2) is 3790. The van der Waals surface area contributed by atoms with E-state index in [-0.39, 0.29) is 35.9 Å². The number of hydrogen-bond acceptors (Lipinski definition) is 3. The normalized spacial score (nSPS) is 1.33. The van der Waals surface area contributed by atoms with Crippen molar-refractivity contribution in [3.63, 3.8) is 0 Å². The molecule has 0 aromatic carbocycles. The average Bonchev–Trinajstić information content (AvgIpc) is 1.81. The summed E-state index contributed by atoms with van der Waals surface area (Å²) in [6.45, 7) is 13.5. The molecule has 0 aliphatic heterocycles. The fraction of sp³-hybridized carbons (Fsp3) is 0. The Kier molecular flexibility index (Phi) is 29900. The maximum atomic E-state index is 7.50. The zero-order chi connectivity index (χ0) is 6.00. The summed E-state index contributed by atoms with van der Waals surface area (Å²) >= 11 is 0. The van der Waals surface area contributed by atoms with Gasteiger partial charge in [-0.1, -0.05) is 0 Å². The van der Waals surface area contributed by atoms with Crippen molar-refractivity contribution in [2.45, 2.75) is 0 Å². The van der Waals surface area contributed by atoms with E-state index in [1.165, 1.54) is 0 Å². The van der Waals surface area contributed by atoms with Gasteiger partial charge in [0.25, 0.3) is 0 Å². The van der Waals surface area contributed by atoms with Crippen molar-refractivity contribution in [2.24, 2.45) is 0 Å². The van der Waals surface area contributed by atoms with Crippen molar-refractivity contribution in [2.75, 3.05) is 0 Å². The van der Waals surface area contributed by atoms with Crippen molar-refractivity contribution in [3.05, 3.63) is 14.9 Å². The van der Waals surface area contributed by atoms with Crippen molar-refractivity contribution in [1.82, 2.24) is 0 Å². The van der Waals surface area contributed by atoms with Gasteiger partial charge in [0.2, 0.25) is 0 Å². The third kappa shape index (κ3) is 2750. The fourth-order valence-corrected chi connectivity index (χ4v) is 0. The number of carbonyl (C=O) groups excluding carboxylic acids is 3. The van der Waals surface area contributed by atoms with E-state index in [4.69, 9.17) is 14.4 Å². The Balaban J connectivity index is -0.00000000321. The first kappa shape index (κ1) is 70.8. The molecule has 0 saturated heterocycles. The SMILES string of the molecule is [C-]=O.[C-]=O.[C-]=O.[CH3-].[CH3-].[Mo]. The van der Waals surface area contributed by atoms with Crippen LogP contribution in [0.1, 0.15) is 0 Å². The summed E-state index contributed by atoms with van der Waals surface area (Å²) in [7, 11) is 0. The molecule has 3 radical (unpaired) electrons. The van der Waals surface area contributed by atoms with Gasteiger partial charge in [-0.3, -0.25) is 0 Å². The minimum atomic E-state index is 0. The van der Waals surface area contributed by atoms with Crippen LogP contribution in [0.2, 0.25) is 0 Å². The first-order valence-electron chi connectivity index (χ1n) is 0.612. The third-order valence-corrected chi connectivity index (χ3v) is 0. The summed E-state index contributed by atoms with van der Waals surface area (Å²) in [4.78, 5) is 22.5. The molecule has 4 heteroatoms. The number of rotatable bonds is 0. The molecule has 0 saturated carbocycles. The first-order chi connectivity index (χ1) is 3.00. The fourth-order valence-electron chi connectivity index (χ4n) is 0. The van der Waals surface area contributed by atoms with Crippen LogP contribution in [0, 0.1) is 14.9 Å². The molecule has 0 unspecified atom stereocenters. The Hall–Kier alpha value is -0.302. The van der Waals surface area contributed by atoms with Crippen molar-refractivity contribution >= 4 is 20.4 Å². The van der Waals surface area contributed by atoms with Gasteiger partial charge in [-0.15, -0.1) is 0 Å². The monoisotopic (exact) mass is 212 g/mol. The van der Waals surface area contributed by atoms with E-state index in [0.29, 0.717) is 0 Å². The van der Waals surface area contributed by atoms with Crippen LogP contribution in [-0.4, -0.2) is 20.4 Å². The topological polar surface area (TPSA) is 51.2 Å². The van der Waals surface area contributed by atoms with E-state index in [1.54, 1.807) is 0 Å². The predicted octanol–water partition coefficient (Wildman–Crippen LogP) is -0.293. The van der Waals surface area contributed by atoms with E-state index in [9.17, 15) is 0 Å². The summed E-state index contributed by atoms with van der Waals surface area (Å²) in [6.07, 6.45) is 0. The van der Waals surface area contributed by atoms with Gasteiger partial charge in [0, 0.05) is 21.1 Å². The van der Waals surface area contributed by atoms with Crippen LogP contribution >= 0.6 is 0 Å². The van der Waals surface area contributed by atoms with Crippen LogP contribution in [0.25, 0.3) is 0 Å². The molecule has 0 spiro atoms. The minimum Gasteiger partial charge on any atom is -0.573 e. The maximum absolute atomic E-state index is 7.50. The molecule has 0 heterocycles. The maximum Gasteiger partial charge on any atom is 0 e. The summed E-state index contributed by atoms with van der Waals surface area (Å²) in [6, 6.07) is 0. The van der Waals surface area contributed by atoms with Gasteiger partial charge in [-0.05, 0) is 0 Å². The first-order valence-corrected chi connectivity index (χ1v) is 0.612. The van der Waals surface area contributed by atoms with Gasteiger partial charge in [0.05, 0.1) is 0 Å². The smallest absolute Gasteiger partial charge is 0 e. The van der Waals surface area contributed by atoms with Crippen LogP contribution < -0.4 is 0 Å². The molecule has 0 fully saturated rings. The molecule has 0 aromatic rings. The van der Waals surface area contributed by atoms with Crippen molar-refractivity contribution < 1.29 is 35.4 Å². The second-order valence-electron chi connectivity index (χ2n) is 0. The second-order valence-corrected chi connectivity index (χ2v) is 0. The predicted molar refractivity (Wildman–Crippen MR) is 29.9 cm³/mol. The molecule has 0 bridgehead atoms. The molecule has 0 aliphatic carbocycles. The quantitative estimate of drug-likeness (QED) is 0.407. The van der Waals surface area contributed by atoms with E-state index in [2.05, 4.69) is 20.4 Å². The van der Waals surface area contributed by atoms with Crippen LogP contribution in [0.4, 0.5) is 0 Å². The van der Waals surface area contributed by atoms with E-state index in [1.807, 2.05) is 0 Å². The summed E-state index contributed by atoms with van der Waals surface area (Å²) in [5.41, 5.74) is 0. The van der Waals surface area contributed by atoms with Crippen LogP contribution in [0.15, 0.2) is 0 Å². The van der Waals surface area contributed by atoms with Crippen molar-refractivity contribution in [1.29, 1.82) is 0 Å². The van der Waals surface area contributed by atoms with Gasteiger partial charge in [0.1, 0.15) is 0 Å². The Morgan fingerprint density at radius 3 is 0.556 bits per heavy atom. The van der Waals surface area contributed by atoms with Crippen LogP contribution in [0.5, 0.6) is 0 Å². The molecule has 0 atom stereocenters. The Bertz CT molecular complexity index is 16.9. The third-order valence-electron chi connectivity index (χ3n) is 0. The molecule has 0 N–H and O–H groups in total. The van der Waals surface area contributed by atoms with Gasteiger partial charge in [0.15, 0.2) is 0 Å². The summed E-state index contributed by atoms with van der Waals surface area (Å²) in [5.74, 6) is 0. The molecule has 3 nitrogen and oxygen atoms in total. The zero-order valence-corrected chi connectivity index (χ0v) is 7.14. The molecular weight excluding hydrogens is 204 g/mol. The molecular formula is C5H6MoO3-5. The average molecular weight is 210 g/mol. The van der Waals surface area contributed by atoms with Gasteiger partial charge >= 0.3 is 0 Å². The molecule has 9 heavy (non-hydrogen) atoms. The van der Waals surface area contributed by atoms with Gasteiger partial charge in [-0.2, -0.15) is 0 Å². The number of hydrogen-bond donors (Lipinski definition) is 0. The molecule has 0 rings (SSSR count). The zero-order valence-electron chi connectivity index (χ0n) is 5.13. The van der Waals surface area contributed by atoms with E-state index in [0.717, 1.165) is 0 Å². The minimum absolute atomic E-state index is 0. The van der Waals surface area contributed by atoms with Crippen LogP contribution in [-0.2, 0) is 35.4 Å². The van der Waals surface area contributed by atoms with E-state index >= 15 is 0 Å². The molecule has 0 aliphatic rings. The Labute approximate surface area is 71.1 Å². The summed E-state index contributed by atoms with van der Waals surface area (Å²) < 4.78 is 0. The molecule has 55 valence electrons. The molecule has 0 aromatic heterocycles. The standard InChI is InChI=1S/3CO.2CH3.Mo/c3*1-2;;;/h;;;2*1H3;/q5*-1;. The summed E-state index contributed by atoms with van der Waals surface area (Å²) in [5, 5.41) is 0. The largest absolute Gasteiger partial charge is 0.573 e. The van der Waals surface area contributed by atoms with Gasteiger partial charge < -0.3 is 49.6 Å². The Morgan fingerprint density at radius 2 is 0.556 bits per heavy atom. The Morgan fingerprint density at radius 1 is 0.556 bits per heavy atom. The van der Waals surface area contributed by atoms with Gasteiger partial charge in [-0.25, -0.2) is 0 Å². The van der Waals surface area contributed by atoms with E-state index < -0.39 is 0 Å².